The van der Waals surface area contributed by atoms with Crippen molar-refractivity contribution in [3.63, 3.8) is 0 Å². The van der Waals surface area contributed by atoms with Crippen LogP contribution in [-0.2, 0) is 6.54 Å². The van der Waals surface area contributed by atoms with E-state index < -0.39 is 0 Å². The fourth-order valence-corrected chi connectivity index (χ4v) is 3.94. The maximum Gasteiger partial charge on any atom is 0.123 e. The molecular formula is C17H26BrNO. The number of nitrogens with zero attached hydrogens (tertiary/aromatic N) is 1. The number of aromatic hydroxyl groups is 1. The summed E-state index contributed by atoms with van der Waals surface area (Å²) in [6.07, 6.45) is 6.62. The Morgan fingerprint density at radius 2 is 1.90 bits per heavy atom. The SMILES string of the molecule is CCC1CCC(N(C)Cc2cc(Br)cc(C)c2O)CC1. The van der Waals surface area contributed by atoms with Crippen molar-refractivity contribution in [1.29, 1.82) is 0 Å². The number of hydrogen-bond acceptors (Lipinski definition) is 2. The standard InChI is InChI=1S/C17H26BrNO/c1-4-13-5-7-16(8-6-13)19(3)11-14-10-15(18)9-12(2)17(14)20/h9-10,13,16,20H,4-8,11H2,1-3H3. The zero-order chi connectivity index (χ0) is 14.7. The fourth-order valence-electron chi connectivity index (χ4n) is 3.32. The quantitative estimate of drug-likeness (QED) is 0.846. The van der Waals surface area contributed by atoms with Crippen LogP contribution in [0.1, 0.15) is 50.2 Å². The van der Waals surface area contributed by atoms with Gasteiger partial charge in [0.25, 0.3) is 0 Å². The topological polar surface area (TPSA) is 23.5 Å². The lowest BCUT2D eigenvalue weighted by molar-refractivity contribution is 0.156. The highest BCUT2D eigenvalue weighted by Gasteiger charge is 2.23. The molecule has 0 aromatic heterocycles. The Morgan fingerprint density at radius 1 is 1.25 bits per heavy atom. The van der Waals surface area contributed by atoms with Crippen molar-refractivity contribution >= 4 is 15.9 Å². The summed E-state index contributed by atoms with van der Waals surface area (Å²) in [4.78, 5) is 2.41. The summed E-state index contributed by atoms with van der Waals surface area (Å²) in [7, 11) is 2.19. The molecule has 20 heavy (non-hydrogen) atoms. The van der Waals surface area contributed by atoms with Crippen LogP contribution in [0.15, 0.2) is 16.6 Å². The van der Waals surface area contributed by atoms with Gasteiger partial charge >= 0.3 is 0 Å². The lowest BCUT2D eigenvalue weighted by Crippen LogP contribution is -2.34. The summed E-state index contributed by atoms with van der Waals surface area (Å²) in [5, 5.41) is 10.2. The van der Waals surface area contributed by atoms with Gasteiger partial charge in [-0.05, 0) is 63.3 Å². The number of benzene rings is 1. The second kappa shape index (κ2) is 6.95. The van der Waals surface area contributed by atoms with Gasteiger partial charge in [-0.2, -0.15) is 0 Å². The van der Waals surface area contributed by atoms with Crippen molar-refractivity contribution in [3.05, 3.63) is 27.7 Å². The molecule has 0 atom stereocenters. The van der Waals surface area contributed by atoms with Crippen molar-refractivity contribution in [2.75, 3.05) is 7.05 Å². The molecule has 0 heterocycles. The molecule has 1 saturated carbocycles. The summed E-state index contributed by atoms with van der Waals surface area (Å²) in [6.45, 7) is 5.08. The van der Waals surface area contributed by atoms with Crippen LogP contribution in [0, 0.1) is 12.8 Å². The Bertz CT molecular complexity index is 453. The van der Waals surface area contributed by atoms with Crippen molar-refractivity contribution in [1.82, 2.24) is 4.90 Å². The maximum atomic E-state index is 10.2. The number of phenols is 1. The van der Waals surface area contributed by atoms with Gasteiger partial charge in [0.05, 0.1) is 0 Å². The summed E-state index contributed by atoms with van der Waals surface area (Å²) in [5.41, 5.74) is 1.97. The molecule has 1 aliphatic carbocycles. The van der Waals surface area contributed by atoms with E-state index in [0.717, 1.165) is 28.1 Å². The number of halogens is 1. The van der Waals surface area contributed by atoms with E-state index in [1.165, 1.54) is 32.1 Å². The first-order chi connectivity index (χ1) is 9.51. The van der Waals surface area contributed by atoms with Gasteiger partial charge in [-0.15, -0.1) is 0 Å². The second-order valence-electron chi connectivity index (χ2n) is 6.23. The van der Waals surface area contributed by atoms with Crippen LogP contribution < -0.4 is 0 Å². The Kier molecular flexibility index (Phi) is 5.50. The molecule has 112 valence electrons. The molecule has 0 saturated heterocycles. The number of aryl methyl sites for hydroxylation is 1. The number of rotatable bonds is 4. The predicted octanol–water partition coefficient (Wildman–Crippen LogP) is 4.86. The molecule has 0 unspecified atom stereocenters. The number of phenolic OH excluding ortho intramolecular Hbond substituents is 1. The van der Waals surface area contributed by atoms with Crippen LogP contribution in [0.25, 0.3) is 0 Å². The van der Waals surface area contributed by atoms with E-state index in [2.05, 4.69) is 34.8 Å². The van der Waals surface area contributed by atoms with Crippen LogP contribution in [0.3, 0.4) is 0 Å². The molecule has 0 radical (unpaired) electrons. The minimum atomic E-state index is 0.447. The molecule has 1 aromatic rings. The summed E-state index contributed by atoms with van der Waals surface area (Å²) in [6, 6.07) is 4.67. The molecule has 1 N–H and O–H groups in total. The third-order valence-electron chi connectivity index (χ3n) is 4.78. The lowest BCUT2D eigenvalue weighted by atomic mass is 9.84. The monoisotopic (exact) mass is 339 g/mol. The maximum absolute atomic E-state index is 10.2. The second-order valence-corrected chi connectivity index (χ2v) is 7.14. The molecule has 0 spiro atoms. The number of hydrogen-bond donors (Lipinski definition) is 1. The van der Waals surface area contributed by atoms with Crippen LogP contribution in [0.5, 0.6) is 5.75 Å². The Hall–Kier alpha value is -0.540. The van der Waals surface area contributed by atoms with Crippen LogP contribution in [0.4, 0.5) is 0 Å². The third kappa shape index (κ3) is 3.76. The fraction of sp³-hybridized carbons (Fsp3) is 0.647. The highest BCUT2D eigenvalue weighted by Crippen LogP contribution is 2.32. The van der Waals surface area contributed by atoms with Crippen LogP contribution >= 0.6 is 15.9 Å². The van der Waals surface area contributed by atoms with Gasteiger partial charge in [-0.25, -0.2) is 0 Å². The minimum absolute atomic E-state index is 0.447. The summed E-state index contributed by atoms with van der Waals surface area (Å²) in [5.74, 6) is 1.38. The minimum Gasteiger partial charge on any atom is -0.507 e. The molecule has 2 nitrogen and oxygen atoms in total. The largest absolute Gasteiger partial charge is 0.507 e. The highest BCUT2D eigenvalue weighted by atomic mass is 79.9. The van der Waals surface area contributed by atoms with Crippen LogP contribution in [-0.4, -0.2) is 23.1 Å². The molecule has 0 aliphatic heterocycles. The van der Waals surface area contributed by atoms with Crippen molar-refractivity contribution < 1.29 is 5.11 Å². The van der Waals surface area contributed by atoms with E-state index in [0.29, 0.717) is 11.8 Å². The molecule has 1 aromatic carbocycles. The molecular weight excluding hydrogens is 314 g/mol. The molecule has 0 amide bonds. The Balaban J connectivity index is 2.00. The van der Waals surface area contributed by atoms with Gasteiger partial charge in [-0.1, -0.05) is 29.3 Å². The van der Waals surface area contributed by atoms with Crippen molar-refractivity contribution in [3.8, 4) is 5.75 Å². The Morgan fingerprint density at radius 3 is 2.50 bits per heavy atom. The smallest absolute Gasteiger partial charge is 0.123 e. The molecule has 3 heteroatoms. The van der Waals surface area contributed by atoms with E-state index in [-0.39, 0.29) is 0 Å². The van der Waals surface area contributed by atoms with Crippen molar-refractivity contribution in [2.24, 2.45) is 5.92 Å². The van der Waals surface area contributed by atoms with Crippen molar-refractivity contribution in [2.45, 2.75) is 58.5 Å². The van der Waals surface area contributed by atoms with Gasteiger partial charge in [0, 0.05) is 22.6 Å². The normalized spacial score (nSPS) is 23.2. The van der Waals surface area contributed by atoms with Gasteiger partial charge in [0.1, 0.15) is 5.75 Å². The predicted molar refractivity (Wildman–Crippen MR) is 88.0 cm³/mol. The molecule has 1 fully saturated rings. The highest BCUT2D eigenvalue weighted by molar-refractivity contribution is 9.10. The van der Waals surface area contributed by atoms with E-state index in [9.17, 15) is 5.11 Å². The first kappa shape index (κ1) is 15.8. The first-order valence-corrected chi connectivity index (χ1v) is 8.48. The van der Waals surface area contributed by atoms with Gasteiger partial charge in [0.15, 0.2) is 0 Å². The Labute approximate surface area is 131 Å². The van der Waals surface area contributed by atoms with E-state index in [4.69, 9.17) is 0 Å². The average Bonchev–Trinajstić information content (AvgIpc) is 2.44. The molecule has 0 bridgehead atoms. The molecule has 2 rings (SSSR count). The summed E-state index contributed by atoms with van der Waals surface area (Å²) >= 11 is 3.52. The molecule has 1 aliphatic rings. The van der Waals surface area contributed by atoms with E-state index >= 15 is 0 Å². The van der Waals surface area contributed by atoms with E-state index in [1.54, 1.807) is 0 Å². The van der Waals surface area contributed by atoms with Gasteiger partial charge < -0.3 is 5.11 Å². The van der Waals surface area contributed by atoms with Crippen LogP contribution in [0.2, 0.25) is 0 Å². The lowest BCUT2D eigenvalue weighted by Gasteiger charge is -2.34. The third-order valence-corrected chi connectivity index (χ3v) is 5.24. The zero-order valence-electron chi connectivity index (χ0n) is 12.8. The van der Waals surface area contributed by atoms with Gasteiger partial charge in [0.2, 0.25) is 0 Å². The van der Waals surface area contributed by atoms with Gasteiger partial charge in [-0.3, -0.25) is 4.90 Å². The van der Waals surface area contributed by atoms with E-state index in [1.807, 2.05) is 19.1 Å². The zero-order valence-corrected chi connectivity index (χ0v) is 14.4. The summed E-state index contributed by atoms with van der Waals surface area (Å²) < 4.78 is 1.05. The average molecular weight is 340 g/mol. The first-order valence-electron chi connectivity index (χ1n) is 7.69.